The van der Waals surface area contributed by atoms with Gasteiger partial charge in [0.15, 0.2) is 0 Å². The van der Waals surface area contributed by atoms with Gasteiger partial charge >= 0.3 is 0 Å². The molecule has 2 aromatic heterocycles. The quantitative estimate of drug-likeness (QED) is 0.547. The van der Waals surface area contributed by atoms with E-state index in [0.717, 1.165) is 28.8 Å². The highest BCUT2D eigenvalue weighted by molar-refractivity contribution is 7.89. The molecule has 170 valence electrons. The van der Waals surface area contributed by atoms with Crippen LogP contribution in [0.3, 0.4) is 0 Å². The summed E-state index contributed by atoms with van der Waals surface area (Å²) in [5.41, 5.74) is 1.59. The molecule has 32 heavy (non-hydrogen) atoms. The fraction of sp³-hybridized carbons (Fsp3) is 0.409. The van der Waals surface area contributed by atoms with Gasteiger partial charge < -0.3 is 10.3 Å². The summed E-state index contributed by atoms with van der Waals surface area (Å²) in [7, 11) is -3.44. The van der Waals surface area contributed by atoms with Crippen molar-refractivity contribution in [2.24, 2.45) is 0 Å². The zero-order valence-electron chi connectivity index (χ0n) is 18.1. The second kappa shape index (κ2) is 9.13. The molecule has 0 radical (unpaired) electrons. The summed E-state index contributed by atoms with van der Waals surface area (Å²) in [5, 5.41) is 3.45. The van der Waals surface area contributed by atoms with Crippen LogP contribution in [0.1, 0.15) is 41.1 Å². The van der Waals surface area contributed by atoms with E-state index in [1.54, 1.807) is 24.3 Å². The number of aromatic amines is 1. The molecule has 0 atom stereocenters. The molecule has 1 fully saturated rings. The Morgan fingerprint density at radius 1 is 1.19 bits per heavy atom. The Morgan fingerprint density at radius 2 is 1.88 bits per heavy atom. The minimum Gasteiger partial charge on any atom is -0.352 e. The van der Waals surface area contributed by atoms with Crippen LogP contribution >= 0.6 is 11.3 Å². The van der Waals surface area contributed by atoms with Gasteiger partial charge in [0, 0.05) is 37.4 Å². The Bertz CT molecular complexity index is 1300. The molecule has 0 unspecified atom stereocenters. The van der Waals surface area contributed by atoms with Crippen molar-refractivity contribution in [3.8, 4) is 0 Å². The van der Waals surface area contributed by atoms with Crippen LogP contribution in [0, 0.1) is 13.8 Å². The number of aryl methyl sites for hydroxylation is 3. The van der Waals surface area contributed by atoms with Crippen molar-refractivity contribution in [1.29, 1.82) is 0 Å². The van der Waals surface area contributed by atoms with E-state index in [9.17, 15) is 18.0 Å². The number of aromatic nitrogens is 2. The molecule has 1 saturated heterocycles. The molecule has 1 aliphatic heterocycles. The summed E-state index contributed by atoms with van der Waals surface area (Å²) in [6.07, 6.45) is 2.32. The van der Waals surface area contributed by atoms with Gasteiger partial charge in [-0.3, -0.25) is 9.59 Å². The third kappa shape index (κ3) is 4.62. The molecule has 2 N–H and O–H groups in total. The normalized spacial score (nSPS) is 14.8. The molecule has 0 saturated carbocycles. The molecule has 1 aliphatic rings. The molecule has 1 amide bonds. The molecule has 0 aliphatic carbocycles. The number of hydrogen-bond donors (Lipinski definition) is 2. The number of amides is 1. The first-order valence-corrected chi connectivity index (χ1v) is 12.9. The molecule has 0 bridgehead atoms. The van der Waals surface area contributed by atoms with Crippen molar-refractivity contribution < 1.29 is 13.2 Å². The van der Waals surface area contributed by atoms with Gasteiger partial charge in [-0.15, -0.1) is 11.3 Å². The van der Waals surface area contributed by atoms with Crippen LogP contribution in [0.2, 0.25) is 0 Å². The van der Waals surface area contributed by atoms with Gasteiger partial charge in [0.05, 0.1) is 10.3 Å². The number of nitrogens with one attached hydrogen (secondary N) is 2. The Labute approximate surface area is 190 Å². The number of carbonyl (C=O) groups is 1. The van der Waals surface area contributed by atoms with Crippen molar-refractivity contribution >= 4 is 37.5 Å². The summed E-state index contributed by atoms with van der Waals surface area (Å²) in [5.74, 6) is 0.329. The van der Waals surface area contributed by atoms with Crippen LogP contribution in [0.15, 0.2) is 34.0 Å². The van der Waals surface area contributed by atoms with Gasteiger partial charge in [-0.25, -0.2) is 13.4 Å². The number of hydrogen-bond acceptors (Lipinski definition) is 6. The minimum absolute atomic E-state index is 0.167. The van der Waals surface area contributed by atoms with Gasteiger partial charge in [-0.05, 0) is 49.9 Å². The molecule has 3 aromatic rings. The highest BCUT2D eigenvalue weighted by Crippen LogP contribution is 2.25. The number of fused-ring (bicyclic) bond motifs is 1. The minimum atomic E-state index is -3.44. The number of H-pyrrole nitrogens is 1. The maximum absolute atomic E-state index is 12.6. The first-order valence-electron chi connectivity index (χ1n) is 10.6. The van der Waals surface area contributed by atoms with Crippen molar-refractivity contribution in [1.82, 2.24) is 19.6 Å². The van der Waals surface area contributed by atoms with Gasteiger partial charge in [-0.1, -0.05) is 12.1 Å². The van der Waals surface area contributed by atoms with Gasteiger partial charge in [0.1, 0.15) is 10.7 Å². The van der Waals surface area contributed by atoms with Crippen LogP contribution in [0.25, 0.3) is 10.2 Å². The van der Waals surface area contributed by atoms with E-state index in [1.807, 2.05) is 13.8 Å². The van der Waals surface area contributed by atoms with Gasteiger partial charge in [0.25, 0.3) is 5.56 Å². The zero-order valence-corrected chi connectivity index (χ0v) is 19.7. The predicted molar refractivity (Wildman–Crippen MR) is 124 cm³/mol. The number of benzene rings is 1. The van der Waals surface area contributed by atoms with E-state index >= 15 is 0 Å². The third-order valence-corrected chi connectivity index (χ3v) is 8.81. The zero-order chi connectivity index (χ0) is 22.9. The Balaban J connectivity index is 1.32. The van der Waals surface area contributed by atoms with Crippen LogP contribution in [-0.2, 0) is 27.8 Å². The number of nitrogens with zero attached hydrogens (tertiary/aromatic N) is 2. The summed E-state index contributed by atoms with van der Waals surface area (Å²) in [6, 6.07) is 6.61. The fourth-order valence-electron chi connectivity index (χ4n) is 3.80. The van der Waals surface area contributed by atoms with E-state index in [2.05, 4.69) is 15.3 Å². The van der Waals surface area contributed by atoms with Crippen molar-refractivity contribution in [2.75, 3.05) is 13.1 Å². The van der Waals surface area contributed by atoms with E-state index in [4.69, 9.17) is 0 Å². The molecule has 8 nitrogen and oxygen atoms in total. The van der Waals surface area contributed by atoms with E-state index < -0.39 is 10.0 Å². The van der Waals surface area contributed by atoms with Gasteiger partial charge in [-0.2, -0.15) is 4.31 Å². The lowest BCUT2D eigenvalue weighted by Gasteiger charge is -2.15. The summed E-state index contributed by atoms with van der Waals surface area (Å²) >= 11 is 1.48. The van der Waals surface area contributed by atoms with E-state index in [1.165, 1.54) is 15.6 Å². The molecule has 10 heteroatoms. The topological polar surface area (TPSA) is 112 Å². The van der Waals surface area contributed by atoms with Crippen LogP contribution in [0.4, 0.5) is 0 Å². The van der Waals surface area contributed by atoms with Crippen molar-refractivity contribution in [3.05, 3.63) is 56.4 Å². The Kier molecular flexibility index (Phi) is 6.45. The lowest BCUT2D eigenvalue weighted by molar-refractivity contribution is -0.121. The first kappa shape index (κ1) is 22.6. The van der Waals surface area contributed by atoms with Gasteiger partial charge in [0.2, 0.25) is 15.9 Å². The number of thiophene rings is 1. The standard InChI is InChI=1S/C22H26N4O4S2/c1-14-15(2)31-22-20(14)21(28)24-18(25-22)9-10-19(27)23-13-16-5-7-17(8-6-16)32(29,30)26-11-3-4-12-26/h5-8H,3-4,9-13H2,1-2H3,(H,23,27)(H,24,25,28). The fourth-order valence-corrected chi connectivity index (χ4v) is 6.36. The number of carbonyl (C=O) groups excluding carboxylic acids is 1. The smallest absolute Gasteiger partial charge is 0.259 e. The average molecular weight is 475 g/mol. The molecule has 4 rings (SSSR count). The molecule has 1 aromatic carbocycles. The Hall–Kier alpha value is -2.56. The summed E-state index contributed by atoms with van der Waals surface area (Å²) in [4.78, 5) is 33.9. The maximum atomic E-state index is 12.6. The maximum Gasteiger partial charge on any atom is 0.259 e. The van der Waals surface area contributed by atoms with E-state index in [-0.39, 0.29) is 22.8 Å². The molecule has 0 spiro atoms. The van der Waals surface area contributed by atoms with Crippen LogP contribution < -0.4 is 10.9 Å². The molecular formula is C22H26N4O4S2. The first-order chi connectivity index (χ1) is 15.3. The lowest BCUT2D eigenvalue weighted by Crippen LogP contribution is -2.28. The highest BCUT2D eigenvalue weighted by atomic mass is 32.2. The molecule has 3 heterocycles. The largest absolute Gasteiger partial charge is 0.352 e. The van der Waals surface area contributed by atoms with Crippen LogP contribution in [0.5, 0.6) is 0 Å². The summed E-state index contributed by atoms with van der Waals surface area (Å²) < 4.78 is 26.7. The monoisotopic (exact) mass is 474 g/mol. The predicted octanol–water partition coefficient (Wildman–Crippen LogP) is 2.63. The van der Waals surface area contributed by atoms with Crippen molar-refractivity contribution in [3.63, 3.8) is 0 Å². The molecular weight excluding hydrogens is 448 g/mol. The van der Waals surface area contributed by atoms with Crippen molar-refractivity contribution in [2.45, 2.75) is 51.0 Å². The highest BCUT2D eigenvalue weighted by Gasteiger charge is 2.26. The average Bonchev–Trinajstić information content (AvgIpc) is 3.40. The second-order valence-corrected chi connectivity index (χ2v) is 11.1. The number of sulfonamides is 1. The van der Waals surface area contributed by atoms with E-state index in [0.29, 0.717) is 42.1 Å². The third-order valence-electron chi connectivity index (χ3n) is 5.79. The Morgan fingerprint density at radius 3 is 2.56 bits per heavy atom. The second-order valence-electron chi connectivity index (χ2n) is 8.01. The number of rotatable bonds is 7. The summed E-state index contributed by atoms with van der Waals surface area (Å²) in [6.45, 7) is 5.31. The lowest BCUT2D eigenvalue weighted by atomic mass is 10.2. The van der Waals surface area contributed by atoms with Crippen LogP contribution in [-0.4, -0.2) is 41.7 Å². The SMILES string of the molecule is Cc1sc2nc(CCC(=O)NCc3ccc(S(=O)(=O)N4CCCC4)cc3)[nH]c(=O)c2c1C.